The van der Waals surface area contributed by atoms with Crippen molar-refractivity contribution in [3.05, 3.63) is 18.1 Å². The minimum Gasteiger partial charge on any atom is -0.382 e. The van der Waals surface area contributed by atoms with Crippen molar-refractivity contribution < 1.29 is 0 Å². The van der Waals surface area contributed by atoms with Gasteiger partial charge in [0.15, 0.2) is 5.82 Å². The summed E-state index contributed by atoms with van der Waals surface area (Å²) in [7, 11) is 0. The number of rotatable bonds is 2. The van der Waals surface area contributed by atoms with Crippen molar-refractivity contribution >= 4 is 11.7 Å². The molecule has 1 aromatic rings. The van der Waals surface area contributed by atoms with Crippen molar-refractivity contribution in [3.8, 4) is 0 Å². The van der Waals surface area contributed by atoms with Crippen LogP contribution in [-0.4, -0.2) is 28.4 Å². The topological polar surface area (TPSA) is 78.9 Å². The Balaban J connectivity index is 1.93. The Morgan fingerprint density at radius 2 is 2.00 bits per heavy atom. The number of nitrogen functional groups attached to an aromatic ring is 1. The summed E-state index contributed by atoms with van der Waals surface area (Å²) >= 11 is 0. The number of amidine groups is 1. The number of aromatic nitrogens is 2. The number of anilines is 1. The molecular weight excluding hydrogens is 226 g/mol. The number of nitrogens with one attached hydrogen (secondary N) is 1. The number of hydrogen-bond acceptors (Lipinski definition) is 4. The third kappa shape index (κ3) is 1.83. The van der Waals surface area contributed by atoms with Gasteiger partial charge in [-0.1, -0.05) is 12.8 Å². The Morgan fingerprint density at radius 3 is 2.83 bits per heavy atom. The highest BCUT2D eigenvalue weighted by Crippen LogP contribution is 2.38. The van der Waals surface area contributed by atoms with E-state index in [-0.39, 0.29) is 5.84 Å². The monoisotopic (exact) mass is 245 g/mol. The molecule has 2 unspecified atom stereocenters. The quantitative estimate of drug-likeness (QED) is 0.611. The first-order valence-electron chi connectivity index (χ1n) is 6.69. The van der Waals surface area contributed by atoms with Gasteiger partial charge in [-0.25, -0.2) is 9.97 Å². The van der Waals surface area contributed by atoms with Gasteiger partial charge >= 0.3 is 0 Å². The molecule has 96 valence electrons. The lowest BCUT2D eigenvalue weighted by molar-refractivity contribution is 0.341. The maximum absolute atomic E-state index is 7.62. The number of nitrogens with zero attached hydrogens (tertiary/aromatic N) is 3. The van der Waals surface area contributed by atoms with Crippen LogP contribution in [0.3, 0.4) is 0 Å². The summed E-state index contributed by atoms with van der Waals surface area (Å²) in [5.74, 6) is 1.61. The smallest absolute Gasteiger partial charge is 0.158 e. The Morgan fingerprint density at radius 1 is 1.22 bits per heavy atom. The molecule has 3 rings (SSSR count). The van der Waals surface area contributed by atoms with Crippen LogP contribution in [0.4, 0.5) is 5.82 Å². The molecule has 0 aromatic carbocycles. The molecule has 0 spiro atoms. The molecule has 5 nitrogen and oxygen atoms in total. The van der Waals surface area contributed by atoms with E-state index in [1.54, 1.807) is 12.4 Å². The van der Waals surface area contributed by atoms with Crippen molar-refractivity contribution in [1.82, 2.24) is 9.97 Å². The molecule has 0 radical (unpaired) electrons. The minimum absolute atomic E-state index is 0.0114. The van der Waals surface area contributed by atoms with Gasteiger partial charge in [0.25, 0.3) is 0 Å². The SMILES string of the molecule is N=C(N)c1nccnc1N1CCC2CCCCC21. The van der Waals surface area contributed by atoms with Gasteiger partial charge in [0.05, 0.1) is 0 Å². The van der Waals surface area contributed by atoms with Gasteiger partial charge in [-0.05, 0) is 25.2 Å². The molecule has 2 heterocycles. The van der Waals surface area contributed by atoms with Gasteiger partial charge < -0.3 is 10.6 Å². The molecule has 2 fully saturated rings. The highest BCUT2D eigenvalue weighted by atomic mass is 15.2. The Hall–Kier alpha value is -1.65. The van der Waals surface area contributed by atoms with Gasteiger partial charge in [0.1, 0.15) is 11.5 Å². The van der Waals surface area contributed by atoms with Crippen LogP contribution >= 0.6 is 0 Å². The van der Waals surface area contributed by atoms with Gasteiger partial charge in [0.2, 0.25) is 0 Å². The largest absolute Gasteiger partial charge is 0.382 e. The van der Waals surface area contributed by atoms with E-state index in [0.29, 0.717) is 11.7 Å². The third-order valence-electron chi connectivity index (χ3n) is 4.22. The summed E-state index contributed by atoms with van der Waals surface area (Å²) in [4.78, 5) is 10.9. The zero-order chi connectivity index (χ0) is 12.5. The normalized spacial score (nSPS) is 27.0. The summed E-state index contributed by atoms with van der Waals surface area (Å²) in [5.41, 5.74) is 6.14. The van der Waals surface area contributed by atoms with E-state index >= 15 is 0 Å². The highest BCUT2D eigenvalue weighted by molar-refractivity contribution is 5.97. The second kappa shape index (κ2) is 4.55. The Kier molecular flexibility index (Phi) is 2.89. The second-order valence-corrected chi connectivity index (χ2v) is 5.24. The number of nitrogens with two attached hydrogens (primary N) is 1. The molecule has 1 aliphatic heterocycles. The summed E-state index contributed by atoms with van der Waals surface area (Å²) < 4.78 is 0. The van der Waals surface area contributed by atoms with Gasteiger partial charge in [-0.2, -0.15) is 0 Å². The molecule has 1 aliphatic carbocycles. The molecule has 5 heteroatoms. The zero-order valence-corrected chi connectivity index (χ0v) is 10.5. The van der Waals surface area contributed by atoms with Crippen LogP contribution in [0, 0.1) is 11.3 Å². The summed E-state index contributed by atoms with van der Waals surface area (Å²) in [5, 5.41) is 7.62. The molecule has 2 atom stereocenters. The van der Waals surface area contributed by atoms with Crippen molar-refractivity contribution in [2.75, 3.05) is 11.4 Å². The molecule has 1 saturated heterocycles. The van der Waals surface area contributed by atoms with Gasteiger partial charge in [-0.15, -0.1) is 0 Å². The lowest BCUT2D eigenvalue weighted by Gasteiger charge is -2.32. The first-order chi connectivity index (χ1) is 8.77. The van der Waals surface area contributed by atoms with E-state index < -0.39 is 0 Å². The molecular formula is C13H19N5. The molecule has 1 saturated carbocycles. The highest BCUT2D eigenvalue weighted by Gasteiger charge is 2.37. The van der Waals surface area contributed by atoms with Crippen LogP contribution in [0.25, 0.3) is 0 Å². The average molecular weight is 245 g/mol. The first kappa shape index (κ1) is 11.4. The van der Waals surface area contributed by atoms with Crippen molar-refractivity contribution in [1.29, 1.82) is 5.41 Å². The van der Waals surface area contributed by atoms with Crippen LogP contribution in [0.5, 0.6) is 0 Å². The van der Waals surface area contributed by atoms with E-state index in [2.05, 4.69) is 14.9 Å². The van der Waals surface area contributed by atoms with E-state index in [0.717, 1.165) is 18.3 Å². The molecule has 0 amide bonds. The fourth-order valence-electron chi connectivity index (χ4n) is 3.40. The second-order valence-electron chi connectivity index (χ2n) is 5.24. The van der Waals surface area contributed by atoms with E-state index in [1.807, 2.05) is 0 Å². The molecule has 3 N–H and O–H groups in total. The maximum atomic E-state index is 7.62. The Bertz CT molecular complexity index is 458. The van der Waals surface area contributed by atoms with Gasteiger partial charge in [0, 0.05) is 25.0 Å². The van der Waals surface area contributed by atoms with Crippen molar-refractivity contribution in [3.63, 3.8) is 0 Å². The zero-order valence-electron chi connectivity index (χ0n) is 10.5. The third-order valence-corrected chi connectivity index (χ3v) is 4.22. The fourth-order valence-corrected chi connectivity index (χ4v) is 3.40. The van der Waals surface area contributed by atoms with Crippen molar-refractivity contribution in [2.24, 2.45) is 11.7 Å². The predicted octanol–water partition coefficient (Wildman–Crippen LogP) is 1.53. The minimum atomic E-state index is 0.0114. The lowest BCUT2D eigenvalue weighted by Crippen LogP contribution is -2.37. The fraction of sp³-hybridized carbons (Fsp3) is 0.615. The summed E-state index contributed by atoms with van der Waals surface area (Å²) in [6.07, 6.45) is 9.75. The van der Waals surface area contributed by atoms with Crippen LogP contribution in [0.15, 0.2) is 12.4 Å². The number of hydrogen-bond donors (Lipinski definition) is 2. The van der Waals surface area contributed by atoms with E-state index in [9.17, 15) is 0 Å². The van der Waals surface area contributed by atoms with Crippen LogP contribution in [-0.2, 0) is 0 Å². The molecule has 18 heavy (non-hydrogen) atoms. The molecule has 2 aliphatic rings. The standard InChI is InChI=1S/C13H19N5/c14-12(15)11-13(17-7-6-16-11)18-8-5-9-3-1-2-4-10(9)18/h6-7,9-10H,1-5,8H2,(H3,14,15). The van der Waals surface area contributed by atoms with Gasteiger partial charge in [-0.3, -0.25) is 5.41 Å². The average Bonchev–Trinajstić information content (AvgIpc) is 2.82. The van der Waals surface area contributed by atoms with E-state index in [1.165, 1.54) is 32.1 Å². The van der Waals surface area contributed by atoms with Crippen molar-refractivity contribution in [2.45, 2.75) is 38.1 Å². The number of fused-ring (bicyclic) bond motifs is 1. The molecule has 1 aromatic heterocycles. The molecule has 0 bridgehead atoms. The van der Waals surface area contributed by atoms with Crippen LogP contribution in [0.2, 0.25) is 0 Å². The Labute approximate surface area is 107 Å². The predicted molar refractivity (Wildman–Crippen MR) is 70.8 cm³/mol. The first-order valence-corrected chi connectivity index (χ1v) is 6.69. The summed E-state index contributed by atoms with van der Waals surface area (Å²) in [6, 6.07) is 0.577. The summed E-state index contributed by atoms with van der Waals surface area (Å²) in [6.45, 7) is 1.02. The van der Waals surface area contributed by atoms with Crippen LogP contribution in [0.1, 0.15) is 37.8 Å². The lowest BCUT2D eigenvalue weighted by atomic mass is 9.85. The van der Waals surface area contributed by atoms with E-state index in [4.69, 9.17) is 11.1 Å². The maximum Gasteiger partial charge on any atom is 0.158 e. The van der Waals surface area contributed by atoms with Crippen LogP contribution < -0.4 is 10.6 Å².